The van der Waals surface area contributed by atoms with Crippen LogP contribution < -0.4 is 9.68 Å². The van der Waals surface area contributed by atoms with Crippen molar-refractivity contribution in [2.75, 3.05) is 38.1 Å². The van der Waals surface area contributed by atoms with E-state index in [-0.39, 0.29) is 0 Å². The molecule has 0 atom stereocenters. The summed E-state index contributed by atoms with van der Waals surface area (Å²) in [6.07, 6.45) is 0. The van der Waals surface area contributed by atoms with Crippen LogP contribution in [0.1, 0.15) is 0 Å². The van der Waals surface area contributed by atoms with Gasteiger partial charge in [0.15, 0.2) is 0 Å². The van der Waals surface area contributed by atoms with Crippen LogP contribution in [0.15, 0.2) is 11.4 Å². The minimum atomic E-state index is -1.34. The molecule has 0 bridgehead atoms. The topological polar surface area (TPSA) is 46.9 Å². The summed E-state index contributed by atoms with van der Waals surface area (Å²) in [5, 5.41) is 20.0. The summed E-state index contributed by atoms with van der Waals surface area (Å²) < 4.78 is 0.615. The smallest absolute Gasteiger partial charge is 0.423 e. The lowest BCUT2D eigenvalue weighted by Crippen LogP contribution is -2.44. The number of hydrogen-bond acceptors (Lipinski definition) is 5. The summed E-state index contributed by atoms with van der Waals surface area (Å²) in [4.78, 5) is 4.58. The Morgan fingerprint density at radius 2 is 1.93 bits per heavy atom. The van der Waals surface area contributed by atoms with Crippen molar-refractivity contribution in [3.63, 3.8) is 0 Å². The van der Waals surface area contributed by atoms with Crippen LogP contribution in [0.25, 0.3) is 0 Å². The predicted molar refractivity (Wildman–Crippen MR) is 63.9 cm³/mol. The van der Waals surface area contributed by atoms with Gasteiger partial charge in [0, 0.05) is 42.0 Å². The van der Waals surface area contributed by atoms with Crippen LogP contribution in [0.3, 0.4) is 0 Å². The van der Waals surface area contributed by atoms with Gasteiger partial charge in [0.2, 0.25) is 0 Å². The first kappa shape index (κ1) is 10.9. The van der Waals surface area contributed by atoms with E-state index in [0.29, 0.717) is 4.78 Å². The Morgan fingerprint density at radius 1 is 1.27 bits per heavy atom. The van der Waals surface area contributed by atoms with E-state index in [0.717, 1.165) is 31.9 Å². The average Bonchev–Trinajstić information content (AvgIpc) is 2.68. The van der Waals surface area contributed by atoms with Crippen LogP contribution in [-0.4, -0.2) is 55.3 Å². The molecule has 0 aliphatic carbocycles. The molecule has 15 heavy (non-hydrogen) atoms. The van der Waals surface area contributed by atoms with Gasteiger partial charge in [-0.05, 0) is 13.1 Å². The van der Waals surface area contributed by atoms with Gasteiger partial charge in [0.25, 0.3) is 0 Å². The van der Waals surface area contributed by atoms with E-state index >= 15 is 0 Å². The van der Waals surface area contributed by atoms with Crippen molar-refractivity contribution >= 4 is 28.9 Å². The second-order valence-electron chi connectivity index (χ2n) is 3.87. The van der Waals surface area contributed by atoms with Crippen LogP contribution in [0.5, 0.6) is 0 Å². The molecule has 6 heteroatoms. The Balaban J connectivity index is 2.03. The number of hydrogen-bond donors (Lipinski definition) is 2. The number of thiophene rings is 1. The second-order valence-corrected chi connectivity index (χ2v) is 4.81. The molecule has 0 amide bonds. The van der Waals surface area contributed by atoms with Crippen molar-refractivity contribution in [3.05, 3.63) is 11.4 Å². The van der Waals surface area contributed by atoms with Gasteiger partial charge in [-0.25, -0.2) is 0 Å². The van der Waals surface area contributed by atoms with Crippen molar-refractivity contribution in [1.29, 1.82) is 0 Å². The Labute approximate surface area is 93.9 Å². The third-order valence-corrected chi connectivity index (χ3v) is 3.69. The largest absolute Gasteiger partial charge is 0.499 e. The van der Waals surface area contributed by atoms with Crippen molar-refractivity contribution < 1.29 is 10.0 Å². The number of nitrogens with zero attached hydrogens (tertiary/aromatic N) is 2. The molecule has 1 aliphatic heterocycles. The van der Waals surface area contributed by atoms with Gasteiger partial charge < -0.3 is 19.8 Å². The highest BCUT2D eigenvalue weighted by molar-refractivity contribution is 7.20. The third-order valence-electron chi connectivity index (χ3n) is 2.73. The molecule has 1 aliphatic rings. The Kier molecular flexibility index (Phi) is 3.30. The SMILES string of the molecule is CN1CCN(c2csc(B(O)O)c2)CC1. The molecule has 0 radical (unpaired) electrons. The maximum atomic E-state index is 9.02. The first-order valence-electron chi connectivity index (χ1n) is 5.05. The number of likely N-dealkylation sites (N-methyl/N-ethyl adjacent to an activating group) is 1. The summed E-state index contributed by atoms with van der Waals surface area (Å²) in [5.74, 6) is 0. The molecule has 1 aromatic rings. The highest BCUT2D eigenvalue weighted by Crippen LogP contribution is 2.18. The highest BCUT2D eigenvalue weighted by Gasteiger charge is 2.18. The van der Waals surface area contributed by atoms with Crippen molar-refractivity contribution in [1.82, 2.24) is 4.90 Å². The maximum Gasteiger partial charge on any atom is 0.499 e. The van der Waals surface area contributed by atoms with Gasteiger partial charge in [-0.2, -0.15) is 11.3 Å². The lowest BCUT2D eigenvalue weighted by Gasteiger charge is -2.33. The minimum absolute atomic E-state index is 0.615. The second kappa shape index (κ2) is 4.53. The molecule has 1 fully saturated rings. The molecule has 0 saturated carbocycles. The maximum absolute atomic E-state index is 9.02. The van der Waals surface area contributed by atoms with E-state index < -0.39 is 7.12 Å². The van der Waals surface area contributed by atoms with Gasteiger partial charge in [-0.15, -0.1) is 0 Å². The highest BCUT2D eigenvalue weighted by atomic mass is 32.1. The molecule has 1 saturated heterocycles. The lowest BCUT2D eigenvalue weighted by atomic mass is 9.89. The molecular formula is C9H15BN2O2S. The third kappa shape index (κ3) is 2.52. The molecule has 4 nitrogen and oxygen atoms in total. The molecular weight excluding hydrogens is 211 g/mol. The molecule has 82 valence electrons. The van der Waals surface area contributed by atoms with Crippen molar-refractivity contribution in [2.24, 2.45) is 0 Å². The van der Waals surface area contributed by atoms with E-state index in [4.69, 9.17) is 10.0 Å². The van der Waals surface area contributed by atoms with E-state index in [1.54, 1.807) is 0 Å². The fourth-order valence-corrected chi connectivity index (χ4v) is 2.49. The van der Waals surface area contributed by atoms with Gasteiger partial charge in [0.05, 0.1) is 0 Å². The fraction of sp³-hybridized carbons (Fsp3) is 0.556. The molecule has 2 rings (SSSR count). The lowest BCUT2D eigenvalue weighted by molar-refractivity contribution is 0.313. The zero-order chi connectivity index (χ0) is 10.8. The number of anilines is 1. The number of piperazine rings is 1. The van der Waals surface area contributed by atoms with Crippen LogP contribution in [0.4, 0.5) is 5.69 Å². The molecule has 1 aromatic heterocycles. The molecule has 0 spiro atoms. The Bertz CT molecular complexity index is 324. The van der Waals surface area contributed by atoms with E-state index in [1.807, 2.05) is 11.4 Å². The van der Waals surface area contributed by atoms with E-state index in [1.165, 1.54) is 11.3 Å². The summed E-state index contributed by atoms with van der Waals surface area (Å²) >= 11 is 1.40. The quantitative estimate of drug-likeness (QED) is 0.647. The Morgan fingerprint density at radius 3 is 2.47 bits per heavy atom. The summed E-state index contributed by atoms with van der Waals surface area (Å²) in [6.45, 7) is 4.14. The van der Waals surface area contributed by atoms with Gasteiger partial charge in [-0.3, -0.25) is 0 Å². The fourth-order valence-electron chi connectivity index (χ4n) is 1.71. The monoisotopic (exact) mass is 226 g/mol. The summed E-state index contributed by atoms with van der Waals surface area (Å²) in [7, 11) is 0.782. The van der Waals surface area contributed by atoms with Gasteiger partial charge in [-0.1, -0.05) is 0 Å². The average molecular weight is 226 g/mol. The zero-order valence-corrected chi connectivity index (χ0v) is 9.57. The zero-order valence-electron chi connectivity index (χ0n) is 8.76. The molecule has 2 N–H and O–H groups in total. The van der Waals surface area contributed by atoms with Crippen molar-refractivity contribution in [3.8, 4) is 0 Å². The summed E-state index contributed by atoms with van der Waals surface area (Å²) in [5.41, 5.74) is 1.11. The van der Waals surface area contributed by atoms with E-state index in [9.17, 15) is 0 Å². The molecule has 0 unspecified atom stereocenters. The summed E-state index contributed by atoms with van der Waals surface area (Å²) in [6, 6.07) is 1.86. The predicted octanol–water partition coefficient (Wildman–Crippen LogP) is -0.820. The van der Waals surface area contributed by atoms with Crippen molar-refractivity contribution in [2.45, 2.75) is 0 Å². The molecule has 2 heterocycles. The number of rotatable bonds is 2. The normalized spacial score (nSPS) is 18.2. The van der Waals surface area contributed by atoms with Crippen LogP contribution in [-0.2, 0) is 0 Å². The van der Waals surface area contributed by atoms with Crippen LogP contribution in [0, 0.1) is 0 Å². The first-order chi connectivity index (χ1) is 7.16. The molecule has 0 aromatic carbocycles. The van der Waals surface area contributed by atoms with Crippen LogP contribution >= 0.6 is 11.3 Å². The van der Waals surface area contributed by atoms with Gasteiger partial charge >= 0.3 is 7.12 Å². The first-order valence-corrected chi connectivity index (χ1v) is 5.93. The standard InChI is InChI=1S/C9H15BN2O2S/c1-11-2-4-12(5-3-11)8-6-9(10(13)14)15-7-8/h6-7,13-14H,2-5H2,1H3. The van der Waals surface area contributed by atoms with Gasteiger partial charge in [0.1, 0.15) is 0 Å². The van der Waals surface area contributed by atoms with E-state index in [2.05, 4.69) is 16.8 Å². The van der Waals surface area contributed by atoms with Crippen LogP contribution in [0.2, 0.25) is 0 Å². The Hall–Kier alpha value is -0.555. The minimum Gasteiger partial charge on any atom is -0.423 e.